The average molecular weight is 471 g/mol. The molecule has 0 unspecified atom stereocenters. The summed E-state index contributed by atoms with van der Waals surface area (Å²) < 4.78 is 69.7. The maximum absolute atomic E-state index is 11.2. The van der Waals surface area contributed by atoms with E-state index in [2.05, 4.69) is 14.7 Å². The third-order valence-corrected chi connectivity index (χ3v) is 2.95. The number of ether oxygens (including phenoxy) is 1. The van der Waals surface area contributed by atoms with Gasteiger partial charge in [-0.2, -0.15) is 30.9 Å². The number of pyridine rings is 1. The molecule has 2 heterocycles. The fourth-order valence-electron chi connectivity index (χ4n) is 1.64. The number of halogens is 6. The quantitative estimate of drug-likeness (QED) is 0.302. The number of alkyl halides is 6. The highest BCUT2D eigenvalue weighted by molar-refractivity contribution is 5.72. The Morgan fingerprint density at radius 3 is 2.00 bits per heavy atom. The van der Waals surface area contributed by atoms with Crippen molar-refractivity contribution in [2.24, 2.45) is 0 Å². The van der Waals surface area contributed by atoms with Gasteiger partial charge in [-0.05, 0) is 11.1 Å². The summed E-state index contributed by atoms with van der Waals surface area (Å²) in [6.07, 6.45) is -2.68. The van der Waals surface area contributed by atoms with Crippen molar-refractivity contribution in [1.82, 2.24) is 4.98 Å². The van der Waals surface area contributed by atoms with Gasteiger partial charge in [-0.3, -0.25) is 4.79 Å². The van der Waals surface area contributed by atoms with E-state index in [-0.39, 0.29) is 12.4 Å². The second-order valence-electron chi connectivity index (χ2n) is 5.44. The highest BCUT2D eigenvalue weighted by Crippen LogP contribution is 2.12. The number of aromatic amines is 1. The van der Waals surface area contributed by atoms with Crippen molar-refractivity contribution < 1.29 is 65.2 Å². The maximum Gasteiger partial charge on any atom is 0.430 e. The van der Waals surface area contributed by atoms with Crippen molar-refractivity contribution >= 4 is 17.9 Å². The van der Waals surface area contributed by atoms with Crippen LogP contribution in [-0.2, 0) is 32.1 Å². The van der Waals surface area contributed by atoms with Crippen molar-refractivity contribution in [2.75, 3.05) is 7.11 Å². The van der Waals surface area contributed by atoms with E-state index in [1.165, 1.54) is 7.11 Å². The highest BCUT2D eigenvalue weighted by Gasteiger charge is 2.29. The zero-order chi connectivity index (χ0) is 24.9. The lowest BCUT2D eigenvalue weighted by atomic mass is 10.2. The van der Waals surface area contributed by atoms with Crippen LogP contribution in [0.3, 0.4) is 0 Å². The highest BCUT2D eigenvalue weighted by atomic mass is 19.4. The number of carboxylic acids is 2. The van der Waals surface area contributed by atoms with E-state index in [0.29, 0.717) is 6.54 Å². The SMILES string of the molecule is COC(=O)Cc1ccc[n+](Cc2nccc[nH+]2)c1.O=C([O-])C(F)(F)F.O=C([O-])C(F)(F)F. The number of carboxylic acid groups (broad SMARTS) is 2. The number of esters is 1. The topological polar surface area (TPSA) is 137 Å². The molecule has 15 heteroatoms. The Hall–Kier alpha value is -3.78. The molecule has 176 valence electrons. The first-order valence-electron chi connectivity index (χ1n) is 8.09. The van der Waals surface area contributed by atoms with E-state index in [9.17, 15) is 31.1 Å². The van der Waals surface area contributed by atoms with E-state index in [1.54, 1.807) is 6.20 Å². The standard InChI is InChI=1S/C13H14N3O2.2C2HF3O2/c1-18-13(17)8-11-4-2-7-16(9-11)10-12-14-5-3-6-15-12;2*3-2(4,5)1(6)7/h2-7,9H,8,10H2,1H3;2*(H,6,7)/q+1;;/p-1. The molecule has 0 atom stereocenters. The van der Waals surface area contributed by atoms with Crippen molar-refractivity contribution in [2.45, 2.75) is 25.3 Å². The number of hydrogen-bond donors (Lipinski definition) is 0. The predicted octanol–water partition coefficient (Wildman–Crippen LogP) is -1.46. The van der Waals surface area contributed by atoms with Gasteiger partial charge >= 0.3 is 24.1 Å². The van der Waals surface area contributed by atoms with Crippen LogP contribution in [0, 0.1) is 0 Å². The van der Waals surface area contributed by atoms with E-state index >= 15 is 0 Å². The minimum Gasteiger partial charge on any atom is -0.542 e. The van der Waals surface area contributed by atoms with E-state index in [4.69, 9.17) is 19.8 Å². The van der Waals surface area contributed by atoms with Crippen LogP contribution in [0.25, 0.3) is 0 Å². The van der Waals surface area contributed by atoms with Gasteiger partial charge in [0.05, 0.1) is 19.7 Å². The Labute approximate surface area is 175 Å². The summed E-state index contributed by atoms with van der Waals surface area (Å²) in [6.45, 7) is 0.635. The molecular weight excluding hydrogens is 456 g/mol. The number of carbonyl (C=O) groups excluding carboxylic acids is 3. The minimum absolute atomic E-state index is 0.239. The van der Waals surface area contributed by atoms with Crippen LogP contribution < -0.4 is 19.8 Å². The molecule has 0 amide bonds. The lowest BCUT2D eigenvalue weighted by molar-refractivity contribution is -0.699. The monoisotopic (exact) mass is 471 g/mol. The van der Waals surface area contributed by atoms with Gasteiger partial charge in [0.25, 0.3) is 6.54 Å². The Bertz CT molecular complexity index is 866. The van der Waals surface area contributed by atoms with Crippen LogP contribution in [0.1, 0.15) is 11.4 Å². The number of hydrogen-bond acceptors (Lipinski definition) is 7. The first-order valence-corrected chi connectivity index (χ1v) is 8.09. The molecule has 2 rings (SSSR count). The van der Waals surface area contributed by atoms with Crippen LogP contribution >= 0.6 is 0 Å². The van der Waals surface area contributed by atoms with Crippen molar-refractivity contribution in [1.29, 1.82) is 0 Å². The van der Waals surface area contributed by atoms with E-state index in [0.717, 1.165) is 11.4 Å². The number of methoxy groups -OCH3 is 1. The molecule has 32 heavy (non-hydrogen) atoms. The first-order chi connectivity index (χ1) is 14.7. The molecular formula is C17H15F6N3O6. The van der Waals surface area contributed by atoms with Gasteiger partial charge in [-0.25, -0.2) is 4.98 Å². The van der Waals surface area contributed by atoms with E-state index in [1.807, 2.05) is 41.4 Å². The van der Waals surface area contributed by atoms with Gasteiger partial charge in [-0.1, -0.05) is 0 Å². The van der Waals surface area contributed by atoms with Gasteiger partial charge in [0, 0.05) is 17.7 Å². The van der Waals surface area contributed by atoms with Gasteiger partial charge in [0.1, 0.15) is 18.1 Å². The average Bonchev–Trinajstić information content (AvgIpc) is 2.68. The molecule has 0 aliphatic heterocycles. The van der Waals surface area contributed by atoms with Crippen molar-refractivity contribution in [3.8, 4) is 0 Å². The Morgan fingerprint density at radius 1 is 1.06 bits per heavy atom. The summed E-state index contributed by atoms with van der Waals surface area (Å²) >= 11 is 0. The summed E-state index contributed by atoms with van der Waals surface area (Å²) in [4.78, 5) is 36.0. The molecule has 0 spiro atoms. The molecule has 9 nitrogen and oxygen atoms in total. The summed E-state index contributed by atoms with van der Waals surface area (Å²) in [5.41, 5.74) is 0.917. The van der Waals surface area contributed by atoms with Gasteiger partial charge in [-0.15, -0.1) is 0 Å². The summed E-state index contributed by atoms with van der Waals surface area (Å²) in [5.74, 6) is -5.39. The third-order valence-electron chi connectivity index (χ3n) is 2.95. The van der Waals surface area contributed by atoms with Crippen molar-refractivity contribution in [3.05, 3.63) is 54.4 Å². The number of nitrogens with one attached hydrogen (secondary N) is 1. The number of carbonyl (C=O) groups is 3. The maximum atomic E-state index is 11.2. The number of aromatic nitrogens is 3. The third kappa shape index (κ3) is 12.7. The van der Waals surface area contributed by atoms with Crippen molar-refractivity contribution in [3.63, 3.8) is 0 Å². The smallest absolute Gasteiger partial charge is 0.430 e. The molecule has 0 saturated heterocycles. The predicted molar refractivity (Wildman–Crippen MR) is 84.4 cm³/mol. The second kappa shape index (κ2) is 12.8. The molecule has 0 aromatic carbocycles. The molecule has 0 aliphatic carbocycles. The molecule has 0 radical (unpaired) electrons. The number of nitrogens with zero attached hydrogens (tertiary/aromatic N) is 2. The summed E-state index contributed by atoms with van der Waals surface area (Å²) in [7, 11) is 1.39. The number of H-pyrrole nitrogens is 1. The zero-order valence-electron chi connectivity index (χ0n) is 16.1. The lowest BCUT2D eigenvalue weighted by Crippen LogP contribution is -2.37. The number of aliphatic carboxylic acids is 2. The molecule has 2 aromatic heterocycles. The van der Waals surface area contributed by atoms with Gasteiger partial charge in [0.2, 0.25) is 0 Å². The number of rotatable bonds is 4. The fraction of sp³-hybridized carbons (Fsp3) is 0.294. The molecule has 0 saturated carbocycles. The zero-order valence-corrected chi connectivity index (χ0v) is 16.1. The van der Waals surface area contributed by atoms with Crippen LogP contribution in [-0.4, -0.2) is 42.4 Å². The Kier molecular flexibility index (Phi) is 11.3. The molecule has 0 aliphatic rings. The Balaban J connectivity index is 0.000000570. The fourth-order valence-corrected chi connectivity index (χ4v) is 1.64. The largest absolute Gasteiger partial charge is 0.542 e. The van der Waals surface area contributed by atoms with Crippen LogP contribution in [0.15, 0.2) is 43.0 Å². The first kappa shape index (κ1) is 28.2. The lowest BCUT2D eigenvalue weighted by Gasteiger charge is -2.03. The molecule has 1 N–H and O–H groups in total. The molecule has 0 fully saturated rings. The summed E-state index contributed by atoms with van der Waals surface area (Å²) in [5, 5.41) is 17.6. The Morgan fingerprint density at radius 2 is 1.59 bits per heavy atom. The summed E-state index contributed by atoms with van der Waals surface area (Å²) in [6, 6.07) is 5.64. The molecule has 0 bridgehead atoms. The van der Waals surface area contributed by atoms with Gasteiger partial charge < -0.3 is 24.5 Å². The van der Waals surface area contributed by atoms with Crippen LogP contribution in [0.4, 0.5) is 26.3 Å². The minimum atomic E-state index is -5.19. The normalized spacial score (nSPS) is 10.6. The van der Waals surface area contributed by atoms with E-state index < -0.39 is 24.3 Å². The van der Waals surface area contributed by atoms with Crippen LogP contribution in [0.2, 0.25) is 0 Å². The second-order valence-corrected chi connectivity index (χ2v) is 5.44. The van der Waals surface area contributed by atoms with Gasteiger partial charge in [0.15, 0.2) is 12.4 Å². The molecule has 2 aromatic rings. The van der Waals surface area contributed by atoms with Crippen LogP contribution in [0.5, 0.6) is 0 Å².